The van der Waals surface area contributed by atoms with E-state index in [1.807, 2.05) is 0 Å². The van der Waals surface area contributed by atoms with Gasteiger partial charge in [0.1, 0.15) is 11.5 Å². The van der Waals surface area contributed by atoms with Crippen molar-refractivity contribution in [1.82, 2.24) is 9.78 Å². The Morgan fingerprint density at radius 2 is 2.39 bits per heavy atom. The molecule has 1 aromatic heterocycles. The number of hydrogen-bond acceptors (Lipinski definition) is 5. The minimum absolute atomic E-state index is 0.238. The molecule has 98 valence electrons. The van der Waals surface area contributed by atoms with E-state index in [0.717, 1.165) is 0 Å². The highest BCUT2D eigenvalue weighted by atomic mass is 16.5. The molecule has 2 atom stereocenters. The van der Waals surface area contributed by atoms with Gasteiger partial charge in [-0.3, -0.25) is 0 Å². The van der Waals surface area contributed by atoms with Gasteiger partial charge in [-0.2, -0.15) is 10.4 Å². The van der Waals surface area contributed by atoms with Crippen molar-refractivity contribution in [2.24, 2.45) is 12.5 Å². The molecule has 18 heavy (non-hydrogen) atoms. The fourth-order valence-electron chi connectivity index (χ4n) is 2.43. The molecule has 0 radical (unpaired) electrons. The van der Waals surface area contributed by atoms with Crippen LogP contribution in [0.5, 0.6) is 5.88 Å². The average molecular weight is 251 g/mol. The lowest BCUT2D eigenvalue weighted by Crippen LogP contribution is -2.28. The molecular formula is C12H17N3O3. The zero-order valence-electron chi connectivity index (χ0n) is 10.8. The lowest BCUT2D eigenvalue weighted by atomic mass is 9.79. The average Bonchev–Trinajstić information content (AvgIpc) is 2.93. The van der Waals surface area contributed by atoms with Gasteiger partial charge in [0.25, 0.3) is 0 Å². The van der Waals surface area contributed by atoms with Gasteiger partial charge in [-0.25, -0.2) is 4.68 Å². The van der Waals surface area contributed by atoms with E-state index < -0.39 is 11.5 Å². The molecule has 0 bridgehead atoms. The molecule has 1 fully saturated rings. The van der Waals surface area contributed by atoms with Crippen LogP contribution in [-0.2, 0) is 11.8 Å². The summed E-state index contributed by atoms with van der Waals surface area (Å²) in [5.74, 6) is 0.488. The molecule has 0 saturated carbocycles. The molecule has 1 N–H and O–H groups in total. The van der Waals surface area contributed by atoms with Crippen molar-refractivity contribution >= 4 is 0 Å². The summed E-state index contributed by atoms with van der Waals surface area (Å²) in [5.41, 5.74) is 0.344. The van der Waals surface area contributed by atoms with Crippen LogP contribution in [0.4, 0.5) is 0 Å². The van der Waals surface area contributed by atoms with E-state index in [0.29, 0.717) is 30.2 Å². The van der Waals surface area contributed by atoms with Crippen molar-refractivity contribution in [3.8, 4) is 11.9 Å². The summed E-state index contributed by atoms with van der Waals surface area (Å²) in [4.78, 5) is 0. The Bertz CT molecular complexity index is 483. The van der Waals surface area contributed by atoms with Crippen LogP contribution < -0.4 is 4.74 Å². The zero-order valence-corrected chi connectivity index (χ0v) is 10.8. The van der Waals surface area contributed by atoms with Crippen molar-refractivity contribution in [1.29, 1.82) is 5.26 Å². The van der Waals surface area contributed by atoms with E-state index in [1.165, 1.54) is 7.11 Å². The molecule has 1 aliphatic heterocycles. The topological polar surface area (TPSA) is 80.3 Å². The van der Waals surface area contributed by atoms with Gasteiger partial charge >= 0.3 is 0 Å². The molecular weight excluding hydrogens is 234 g/mol. The Balaban J connectivity index is 2.45. The minimum atomic E-state index is -0.950. The predicted octanol–water partition coefficient (Wildman–Crippen LogP) is 0.701. The fourth-order valence-corrected chi connectivity index (χ4v) is 2.43. The zero-order chi connectivity index (χ0) is 13.3. The molecule has 2 rings (SSSR count). The SMILES string of the molecule is COc1c(C(O)C2(C#N)CCOC2)c(C)nn1C. The van der Waals surface area contributed by atoms with Crippen molar-refractivity contribution in [3.63, 3.8) is 0 Å². The molecule has 1 aliphatic rings. The summed E-state index contributed by atoms with van der Waals surface area (Å²) in [5, 5.41) is 24.1. The van der Waals surface area contributed by atoms with Gasteiger partial charge in [-0.15, -0.1) is 0 Å². The van der Waals surface area contributed by atoms with E-state index in [-0.39, 0.29) is 6.61 Å². The number of nitrogens with zero attached hydrogens (tertiary/aromatic N) is 3. The van der Waals surface area contributed by atoms with Crippen molar-refractivity contribution in [2.75, 3.05) is 20.3 Å². The second kappa shape index (κ2) is 4.59. The van der Waals surface area contributed by atoms with Gasteiger partial charge < -0.3 is 14.6 Å². The molecule has 2 unspecified atom stereocenters. The largest absolute Gasteiger partial charge is 0.481 e. The first kappa shape index (κ1) is 12.9. The van der Waals surface area contributed by atoms with Crippen LogP contribution in [0.15, 0.2) is 0 Å². The third-order valence-corrected chi connectivity index (χ3v) is 3.48. The minimum Gasteiger partial charge on any atom is -0.481 e. The first-order valence-corrected chi connectivity index (χ1v) is 5.80. The summed E-state index contributed by atoms with van der Waals surface area (Å²) in [6.45, 7) is 2.52. The van der Waals surface area contributed by atoms with Gasteiger partial charge in [0.05, 0.1) is 31.0 Å². The number of ether oxygens (including phenoxy) is 2. The number of hydrogen-bond donors (Lipinski definition) is 1. The maximum absolute atomic E-state index is 10.5. The van der Waals surface area contributed by atoms with Gasteiger partial charge in [0.2, 0.25) is 5.88 Å². The molecule has 2 heterocycles. The Hall–Kier alpha value is -1.58. The predicted molar refractivity (Wildman–Crippen MR) is 62.9 cm³/mol. The third kappa shape index (κ3) is 1.76. The highest BCUT2D eigenvalue weighted by Gasteiger charge is 2.45. The first-order chi connectivity index (χ1) is 8.55. The van der Waals surface area contributed by atoms with Crippen LogP contribution in [-0.4, -0.2) is 35.2 Å². The van der Waals surface area contributed by atoms with E-state index in [1.54, 1.807) is 18.7 Å². The summed E-state index contributed by atoms with van der Waals surface area (Å²) >= 11 is 0. The normalized spacial score (nSPS) is 24.8. The van der Waals surface area contributed by atoms with Gasteiger partial charge in [-0.1, -0.05) is 0 Å². The second-order valence-electron chi connectivity index (χ2n) is 4.61. The van der Waals surface area contributed by atoms with Crippen LogP contribution in [0, 0.1) is 23.7 Å². The summed E-state index contributed by atoms with van der Waals surface area (Å²) in [7, 11) is 3.27. The molecule has 6 heteroatoms. The Morgan fingerprint density at radius 1 is 1.67 bits per heavy atom. The van der Waals surface area contributed by atoms with E-state index in [2.05, 4.69) is 11.2 Å². The Kier molecular flexibility index (Phi) is 3.28. The van der Waals surface area contributed by atoms with E-state index >= 15 is 0 Å². The molecule has 0 aliphatic carbocycles. The van der Waals surface area contributed by atoms with Gasteiger partial charge in [-0.05, 0) is 13.3 Å². The van der Waals surface area contributed by atoms with Crippen molar-refractivity contribution in [3.05, 3.63) is 11.3 Å². The number of aryl methyl sites for hydroxylation is 2. The van der Waals surface area contributed by atoms with Crippen molar-refractivity contribution < 1.29 is 14.6 Å². The summed E-state index contributed by atoms with van der Waals surface area (Å²) in [6, 6.07) is 2.20. The second-order valence-corrected chi connectivity index (χ2v) is 4.61. The molecule has 6 nitrogen and oxygen atoms in total. The van der Waals surface area contributed by atoms with Gasteiger partial charge in [0, 0.05) is 13.7 Å². The molecule has 1 saturated heterocycles. The van der Waals surface area contributed by atoms with E-state index in [4.69, 9.17) is 9.47 Å². The summed E-state index contributed by atoms with van der Waals surface area (Å²) in [6.07, 6.45) is -0.434. The number of nitriles is 1. The van der Waals surface area contributed by atoms with Crippen molar-refractivity contribution in [2.45, 2.75) is 19.4 Å². The van der Waals surface area contributed by atoms with Crippen LogP contribution in [0.25, 0.3) is 0 Å². The monoisotopic (exact) mass is 251 g/mol. The quantitative estimate of drug-likeness (QED) is 0.855. The van der Waals surface area contributed by atoms with E-state index in [9.17, 15) is 10.4 Å². The van der Waals surface area contributed by atoms with Gasteiger partial charge in [0.15, 0.2) is 0 Å². The maximum atomic E-state index is 10.5. The number of aromatic nitrogens is 2. The van der Waals surface area contributed by atoms with Crippen LogP contribution in [0.2, 0.25) is 0 Å². The number of aliphatic hydroxyl groups excluding tert-OH is 1. The third-order valence-electron chi connectivity index (χ3n) is 3.48. The van der Waals surface area contributed by atoms with Crippen LogP contribution in [0.3, 0.4) is 0 Å². The molecule has 0 spiro atoms. The molecule has 1 aromatic rings. The first-order valence-electron chi connectivity index (χ1n) is 5.80. The summed E-state index contributed by atoms with van der Waals surface area (Å²) < 4.78 is 12.1. The number of methoxy groups -OCH3 is 1. The lowest BCUT2D eigenvalue weighted by Gasteiger charge is -2.25. The highest BCUT2D eigenvalue weighted by Crippen LogP contribution is 2.44. The highest BCUT2D eigenvalue weighted by molar-refractivity contribution is 5.36. The van der Waals surface area contributed by atoms with Crippen LogP contribution >= 0.6 is 0 Å². The number of aliphatic hydroxyl groups is 1. The standard InChI is InChI=1S/C12H17N3O3/c1-8-9(11(17-3)15(2)14-8)10(16)12(6-13)4-5-18-7-12/h10,16H,4-5,7H2,1-3H3. The smallest absolute Gasteiger partial charge is 0.217 e. The molecule has 0 amide bonds. The van der Waals surface area contributed by atoms with Crippen LogP contribution in [0.1, 0.15) is 23.8 Å². The molecule has 0 aromatic carbocycles. The Labute approximate surface area is 106 Å². The lowest BCUT2D eigenvalue weighted by molar-refractivity contribution is 0.0480. The Morgan fingerprint density at radius 3 is 2.89 bits per heavy atom. The maximum Gasteiger partial charge on any atom is 0.217 e. The fraction of sp³-hybridized carbons (Fsp3) is 0.667. The number of rotatable bonds is 3.